The third-order valence-corrected chi connectivity index (χ3v) is 5.90. The van der Waals surface area contributed by atoms with Crippen LogP contribution >= 0.6 is 0 Å². The maximum Gasteiger partial charge on any atom is 0.141 e. The van der Waals surface area contributed by atoms with Gasteiger partial charge in [0, 0.05) is 49.0 Å². The molecule has 0 unspecified atom stereocenters. The van der Waals surface area contributed by atoms with Gasteiger partial charge in [-0.2, -0.15) is 5.10 Å². The number of rotatable bonds is 4. The summed E-state index contributed by atoms with van der Waals surface area (Å²) in [4.78, 5) is 14.4. The summed E-state index contributed by atoms with van der Waals surface area (Å²) in [5.41, 5.74) is 8.84. The van der Waals surface area contributed by atoms with Gasteiger partial charge in [0.15, 0.2) is 0 Å². The molecule has 0 saturated carbocycles. The van der Waals surface area contributed by atoms with E-state index in [1.807, 2.05) is 18.5 Å². The van der Waals surface area contributed by atoms with Crippen LogP contribution in [0.15, 0.2) is 31.0 Å². The van der Waals surface area contributed by atoms with Crippen molar-refractivity contribution in [2.45, 2.75) is 24.4 Å². The van der Waals surface area contributed by atoms with Crippen LogP contribution < -0.4 is 11.1 Å². The van der Waals surface area contributed by atoms with Crippen molar-refractivity contribution in [2.75, 3.05) is 32.7 Å². The van der Waals surface area contributed by atoms with Crippen molar-refractivity contribution < 1.29 is 0 Å². The highest BCUT2D eigenvalue weighted by Gasteiger charge is 2.46. The summed E-state index contributed by atoms with van der Waals surface area (Å²) in [6, 6.07) is 2.68. The van der Waals surface area contributed by atoms with Crippen LogP contribution in [-0.2, 0) is 5.54 Å². The minimum atomic E-state index is -0.104. The minimum absolute atomic E-state index is 0.104. The molecule has 0 spiro atoms. The van der Waals surface area contributed by atoms with E-state index >= 15 is 0 Å². The Hall–Kier alpha value is -2.29. The molecule has 5 rings (SSSR count). The van der Waals surface area contributed by atoms with Gasteiger partial charge >= 0.3 is 0 Å². The molecule has 5 heterocycles. The molecule has 26 heavy (non-hydrogen) atoms. The van der Waals surface area contributed by atoms with Gasteiger partial charge in [-0.25, -0.2) is 9.97 Å². The molecule has 4 N–H and O–H groups in total. The second kappa shape index (κ2) is 6.15. The molecule has 0 amide bonds. The van der Waals surface area contributed by atoms with E-state index in [4.69, 9.17) is 5.73 Å². The van der Waals surface area contributed by atoms with E-state index in [9.17, 15) is 0 Å². The fourth-order valence-electron chi connectivity index (χ4n) is 4.31. The highest BCUT2D eigenvalue weighted by Crippen LogP contribution is 2.33. The Morgan fingerprint density at radius 3 is 2.88 bits per heavy atom. The SMILES string of the molecule is NCC1(n2cc(-c3ncnc4[nH]ccc34)cn2)CN(C2CCNCC2)C1. The Kier molecular flexibility index (Phi) is 3.77. The molecular weight excluding hydrogens is 328 g/mol. The summed E-state index contributed by atoms with van der Waals surface area (Å²) < 4.78 is 2.06. The van der Waals surface area contributed by atoms with Crippen LogP contribution in [0, 0.1) is 0 Å². The summed E-state index contributed by atoms with van der Waals surface area (Å²) in [5, 5.41) is 9.10. The number of nitrogens with zero attached hydrogens (tertiary/aromatic N) is 5. The molecule has 2 aliphatic rings. The van der Waals surface area contributed by atoms with Crippen LogP contribution in [0.1, 0.15) is 12.8 Å². The van der Waals surface area contributed by atoms with Gasteiger partial charge in [0.1, 0.15) is 17.5 Å². The van der Waals surface area contributed by atoms with E-state index in [1.165, 1.54) is 12.8 Å². The van der Waals surface area contributed by atoms with Gasteiger partial charge in [-0.1, -0.05) is 0 Å². The Morgan fingerprint density at radius 1 is 1.23 bits per heavy atom. The van der Waals surface area contributed by atoms with E-state index in [-0.39, 0.29) is 5.54 Å². The monoisotopic (exact) mass is 352 g/mol. The fraction of sp³-hybridized carbons (Fsp3) is 0.500. The van der Waals surface area contributed by atoms with Gasteiger partial charge in [-0.15, -0.1) is 0 Å². The van der Waals surface area contributed by atoms with E-state index in [2.05, 4.69) is 41.1 Å². The Morgan fingerprint density at radius 2 is 2.08 bits per heavy atom. The number of piperidine rings is 1. The van der Waals surface area contributed by atoms with Crippen molar-refractivity contribution in [3.05, 3.63) is 31.0 Å². The first-order valence-electron chi connectivity index (χ1n) is 9.27. The summed E-state index contributed by atoms with van der Waals surface area (Å²) in [6.45, 7) is 4.77. The number of likely N-dealkylation sites (tertiary alicyclic amines) is 1. The molecule has 8 heteroatoms. The molecule has 8 nitrogen and oxygen atoms in total. The predicted molar refractivity (Wildman–Crippen MR) is 99.6 cm³/mol. The number of H-pyrrole nitrogens is 1. The molecule has 2 fully saturated rings. The molecule has 0 radical (unpaired) electrons. The normalized spacial score (nSPS) is 21.1. The van der Waals surface area contributed by atoms with Gasteiger partial charge in [0.2, 0.25) is 0 Å². The van der Waals surface area contributed by atoms with E-state index < -0.39 is 0 Å². The smallest absolute Gasteiger partial charge is 0.141 e. The number of nitrogens with one attached hydrogen (secondary N) is 2. The molecule has 2 aliphatic heterocycles. The third-order valence-electron chi connectivity index (χ3n) is 5.90. The number of nitrogens with two attached hydrogens (primary N) is 1. The topological polar surface area (TPSA) is 101 Å². The average Bonchev–Trinajstić information content (AvgIpc) is 3.32. The number of hydrogen-bond acceptors (Lipinski definition) is 6. The highest BCUT2D eigenvalue weighted by molar-refractivity contribution is 5.89. The van der Waals surface area contributed by atoms with Gasteiger partial charge in [0.05, 0.1) is 11.9 Å². The summed E-state index contributed by atoms with van der Waals surface area (Å²) in [7, 11) is 0. The maximum atomic E-state index is 6.18. The van der Waals surface area contributed by atoms with Crippen molar-refractivity contribution in [3.8, 4) is 11.3 Å². The van der Waals surface area contributed by atoms with Crippen molar-refractivity contribution >= 4 is 11.0 Å². The molecular formula is C18H24N8. The van der Waals surface area contributed by atoms with Gasteiger partial charge in [0.25, 0.3) is 0 Å². The molecule has 3 aromatic heterocycles. The van der Waals surface area contributed by atoms with E-state index in [1.54, 1.807) is 6.33 Å². The molecule has 0 atom stereocenters. The molecule has 0 aromatic carbocycles. The van der Waals surface area contributed by atoms with Crippen molar-refractivity contribution in [1.82, 2.24) is 34.9 Å². The quantitative estimate of drug-likeness (QED) is 0.634. The third kappa shape index (κ3) is 2.45. The first-order valence-corrected chi connectivity index (χ1v) is 9.27. The van der Waals surface area contributed by atoms with Crippen LogP contribution in [0.3, 0.4) is 0 Å². The standard InChI is InChI=1S/C18H24N8/c19-9-18(10-25(11-18)14-1-4-20-5-2-14)26-8-13(7-24-26)16-15-3-6-21-17(15)23-12-22-16/h3,6-8,12,14,20H,1-2,4-5,9-11,19H2,(H,21,22,23). The lowest BCUT2D eigenvalue weighted by Crippen LogP contribution is -2.69. The Labute approximate surface area is 151 Å². The lowest BCUT2D eigenvalue weighted by molar-refractivity contribution is -0.0310. The zero-order valence-electron chi connectivity index (χ0n) is 14.7. The van der Waals surface area contributed by atoms with E-state index in [0.29, 0.717) is 12.6 Å². The molecule has 136 valence electrons. The van der Waals surface area contributed by atoms with E-state index in [0.717, 1.165) is 48.5 Å². The first kappa shape index (κ1) is 15.9. The molecule has 0 bridgehead atoms. The summed E-state index contributed by atoms with van der Waals surface area (Å²) in [6.07, 6.45) is 9.89. The Balaban J connectivity index is 1.40. The van der Waals surface area contributed by atoms with Crippen molar-refractivity contribution in [3.63, 3.8) is 0 Å². The first-order chi connectivity index (χ1) is 12.8. The highest BCUT2D eigenvalue weighted by atomic mass is 15.4. The van der Waals surface area contributed by atoms with Crippen LogP contribution in [0.4, 0.5) is 0 Å². The lowest BCUT2D eigenvalue weighted by atomic mass is 9.86. The Bertz CT molecular complexity index is 901. The lowest BCUT2D eigenvalue weighted by Gasteiger charge is -2.53. The molecule has 0 aliphatic carbocycles. The molecule has 2 saturated heterocycles. The molecule has 3 aromatic rings. The second-order valence-corrected chi connectivity index (χ2v) is 7.45. The van der Waals surface area contributed by atoms with Crippen LogP contribution in [-0.4, -0.2) is 68.4 Å². The largest absolute Gasteiger partial charge is 0.346 e. The summed E-state index contributed by atoms with van der Waals surface area (Å²) >= 11 is 0. The number of aromatic amines is 1. The number of aromatic nitrogens is 5. The van der Waals surface area contributed by atoms with Gasteiger partial charge in [-0.05, 0) is 32.0 Å². The van der Waals surface area contributed by atoms with Crippen molar-refractivity contribution in [1.29, 1.82) is 0 Å². The zero-order chi connectivity index (χ0) is 17.6. The van der Waals surface area contributed by atoms with Crippen LogP contribution in [0.25, 0.3) is 22.3 Å². The van der Waals surface area contributed by atoms with Crippen molar-refractivity contribution in [2.24, 2.45) is 5.73 Å². The van der Waals surface area contributed by atoms with Crippen LogP contribution in [0.5, 0.6) is 0 Å². The van der Waals surface area contributed by atoms with Crippen LogP contribution in [0.2, 0.25) is 0 Å². The van der Waals surface area contributed by atoms with Gasteiger partial charge in [-0.3, -0.25) is 9.58 Å². The second-order valence-electron chi connectivity index (χ2n) is 7.45. The minimum Gasteiger partial charge on any atom is -0.346 e. The zero-order valence-corrected chi connectivity index (χ0v) is 14.7. The average molecular weight is 352 g/mol. The fourth-order valence-corrected chi connectivity index (χ4v) is 4.31. The summed E-state index contributed by atoms with van der Waals surface area (Å²) in [5.74, 6) is 0. The maximum absolute atomic E-state index is 6.18. The van der Waals surface area contributed by atoms with Gasteiger partial charge < -0.3 is 16.0 Å². The number of fused-ring (bicyclic) bond motifs is 1. The predicted octanol–water partition coefficient (Wildman–Crippen LogP) is 0.543. The number of hydrogen-bond donors (Lipinski definition) is 3.